The third-order valence-electron chi connectivity index (χ3n) is 1.99. The third kappa shape index (κ3) is 4.44. The maximum absolute atomic E-state index is 11.8. The summed E-state index contributed by atoms with van der Waals surface area (Å²) < 4.78 is 5.16. The summed E-state index contributed by atoms with van der Waals surface area (Å²) in [6.45, 7) is 7.15. The number of carbonyl (C=O) groups is 2. The van der Waals surface area contributed by atoms with Gasteiger partial charge in [-0.15, -0.1) is 11.3 Å². The molecule has 0 aliphatic carbocycles. The van der Waals surface area contributed by atoms with Gasteiger partial charge in [0.05, 0.1) is 11.6 Å². The van der Waals surface area contributed by atoms with Crippen LogP contribution in [0.1, 0.15) is 36.3 Å². The molecule has 1 heterocycles. The van der Waals surface area contributed by atoms with E-state index in [1.54, 1.807) is 26.2 Å². The van der Waals surface area contributed by atoms with Gasteiger partial charge in [-0.1, -0.05) is 0 Å². The summed E-state index contributed by atoms with van der Waals surface area (Å²) in [6, 6.07) is 0. The van der Waals surface area contributed by atoms with E-state index in [0.29, 0.717) is 5.69 Å². The number of thiazole rings is 1. The fraction of sp³-hybridized carbons (Fsp3) is 0.583. The lowest BCUT2D eigenvalue weighted by Crippen LogP contribution is -2.37. The number of carbonyl (C=O) groups excluding carboxylic acids is 2. The zero-order chi connectivity index (χ0) is 13.9. The Morgan fingerprint density at radius 1 is 1.44 bits per heavy atom. The van der Waals surface area contributed by atoms with E-state index in [1.807, 2.05) is 6.92 Å². The van der Waals surface area contributed by atoms with Crippen LogP contribution in [-0.2, 0) is 4.74 Å². The fourth-order valence-corrected chi connectivity index (χ4v) is 1.81. The van der Waals surface area contributed by atoms with Crippen LogP contribution in [-0.4, -0.2) is 41.0 Å². The minimum absolute atomic E-state index is 0.0297. The van der Waals surface area contributed by atoms with E-state index in [1.165, 1.54) is 23.3 Å². The van der Waals surface area contributed by atoms with E-state index in [4.69, 9.17) is 4.74 Å². The number of hydrogen-bond donors (Lipinski definition) is 0. The fourth-order valence-electron chi connectivity index (χ4n) is 1.19. The van der Waals surface area contributed by atoms with Crippen molar-refractivity contribution in [1.82, 2.24) is 9.88 Å². The third-order valence-corrected chi connectivity index (χ3v) is 2.76. The van der Waals surface area contributed by atoms with Gasteiger partial charge in [-0.25, -0.2) is 9.78 Å². The van der Waals surface area contributed by atoms with E-state index in [9.17, 15) is 9.59 Å². The molecule has 0 saturated carbocycles. The number of ether oxygens (including phenoxy) is 1. The molecule has 0 radical (unpaired) electrons. The Labute approximate surface area is 111 Å². The summed E-state index contributed by atoms with van der Waals surface area (Å²) >= 11 is 1.41. The molecule has 0 aliphatic rings. The summed E-state index contributed by atoms with van der Waals surface area (Å²) in [5.41, 5.74) is -0.168. The number of Topliss-reactive ketones (excluding diaryl/α,β-unsaturated/α-hetero) is 1. The van der Waals surface area contributed by atoms with Gasteiger partial charge in [-0.3, -0.25) is 4.79 Å². The van der Waals surface area contributed by atoms with Crippen molar-refractivity contribution < 1.29 is 14.3 Å². The van der Waals surface area contributed by atoms with Crippen LogP contribution in [0.15, 0.2) is 5.38 Å². The molecule has 1 aromatic heterocycles. The van der Waals surface area contributed by atoms with Crippen molar-refractivity contribution in [1.29, 1.82) is 0 Å². The van der Waals surface area contributed by atoms with Gasteiger partial charge >= 0.3 is 6.09 Å². The first-order valence-corrected chi connectivity index (χ1v) is 6.46. The highest BCUT2D eigenvalue weighted by molar-refractivity contribution is 7.09. The van der Waals surface area contributed by atoms with Gasteiger partial charge in [-0.05, 0) is 27.7 Å². The minimum Gasteiger partial charge on any atom is -0.444 e. The van der Waals surface area contributed by atoms with Crippen molar-refractivity contribution in [3.63, 3.8) is 0 Å². The van der Waals surface area contributed by atoms with Crippen LogP contribution in [0, 0.1) is 6.92 Å². The Morgan fingerprint density at radius 2 is 2.06 bits per heavy atom. The molecule has 0 aliphatic heterocycles. The zero-order valence-electron chi connectivity index (χ0n) is 11.3. The van der Waals surface area contributed by atoms with Crippen LogP contribution < -0.4 is 0 Å². The number of aromatic nitrogens is 1. The topological polar surface area (TPSA) is 59.5 Å². The quantitative estimate of drug-likeness (QED) is 0.792. The van der Waals surface area contributed by atoms with Crippen LogP contribution in [0.2, 0.25) is 0 Å². The summed E-state index contributed by atoms with van der Waals surface area (Å²) in [4.78, 5) is 28.8. The predicted octanol–water partition coefficient (Wildman–Crippen LogP) is 2.50. The molecule has 5 nitrogen and oxygen atoms in total. The van der Waals surface area contributed by atoms with Crippen LogP contribution >= 0.6 is 11.3 Å². The molecule has 0 spiro atoms. The number of nitrogens with zero attached hydrogens (tertiary/aromatic N) is 2. The first kappa shape index (κ1) is 14.6. The SMILES string of the molecule is Cc1nc(C(=O)CN(C)C(=O)OC(C)(C)C)cs1. The largest absolute Gasteiger partial charge is 0.444 e. The maximum Gasteiger partial charge on any atom is 0.410 e. The molecule has 1 rings (SSSR count). The average Bonchev–Trinajstić information content (AvgIpc) is 2.62. The Kier molecular flexibility index (Phi) is 4.45. The second-order valence-corrected chi connectivity index (χ2v) is 6.07. The molecular formula is C12H18N2O3S. The van der Waals surface area contributed by atoms with E-state index in [-0.39, 0.29) is 12.3 Å². The summed E-state index contributed by atoms with van der Waals surface area (Å²) in [5, 5.41) is 2.53. The number of rotatable bonds is 3. The van der Waals surface area contributed by atoms with Crippen molar-refractivity contribution in [2.75, 3.05) is 13.6 Å². The van der Waals surface area contributed by atoms with Gasteiger partial charge in [-0.2, -0.15) is 0 Å². The lowest BCUT2D eigenvalue weighted by atomic mass is 10.2. The number of hydrogen-bond acceptors (Lipinski definition) is 5. The molecule has 0 unspecified atom stereocenters. The Bertz CT molecular complexity index is 448. The van der Waals surface area contributed by atoms with Crippen molar-refractivity contribution >= 4 is 23.2 Å². The standard InChI is InChI=1S/C12H18N2O3S/c1-8-13-9(7-18-8)10(15)6-14(5)11(16)17-12(2,3)4/h7H,6H2,1-5H3. The smallest absolute Gasteiger partial charge is 0.410 e. The number of ketones is 1. The normalized spacial score (nSPS) is 11.2. The molecular weight excluding hydrogens is 252 g/mol. The first-order valence-electron chi connectivity index (χ1n) is 5.58. The highest BCUT2D eigenvalue weighted by Crippen LogP contribution is 2.11. The summed E-state index contributed by atoms with van der Waals surface area (Å²) in [6.07, 6.45) is -0.511. The van der Waals surface area contributed by atoms with E-state index < -0.39 is 11.7 Å². The average molecular weight is 270 g/mol. The predicted molar refractivity (Wildman–Crippen MR) is 70.0 cm³/mol. The molecule has 18 heavy (non-hydrogen) atoms. The number of aryl methyl sites for hydroxylation is 1. The molecule has 1 aromatic rings. The zero-order valence-corrected chi connectivity index (χ0v) is 12.1. The highest BCUT2D eigenvalue weighted by atomic mass is 32.1. The van der Waals surface area contributed by atoms with E-state index in [0.717, 1.165) is 5.01 Å². The van der Waals surface area contributed by atoms with Gasteiger partial charge < -0.3 is 9.64 Å². The summed E-state index contributed by atoms with van der Waals surface area (Å²) in [5.74, 6) is -0.187. The van der Waals surface area contributed by atoms with Gasteiger partial charge in [0.2, 0.25) is 5.78 Å². The van der Waals surface area contributed by atoms with Crippen molar-refractivity contribution in [2.24, 2.45) is 0 Å². The molecule has 0 fully saturated rings. The Hall–Kier alpha value is -1.43. The van der Waals surface area contributed by atoms with Gasteiger partial charge in [0, 0.05) is 12.4 Å². The number of amides is 1. The monoisotopic (exact) mass is 270 g/mol. The van der Waals surface area contributed by atoms with Crippen molar-refractivity contribution in [2.45, 2.75) is 33.3 Å². The molecule has 0 bridgehead atoms. The highest BCUT2D eigenvalue weighted by Gasteiger charge is 2.22. The van der Waals surface area contributed by atoms with Gasteiger partial charge in [0.1, 0.15) is 11.3 Å². The van der Waals surface area contributed by atoms with Crippen LogP contribution in [0.4, 0.5) is 4.79 Å². The van der Waals surface area contributed by atoms with Crippen LogP contribution in [0.25, 0.3) is 0 Å². The van der Waals surface area contributed by atoms with Crippen molar-refractivity contribution in [3.05, 3.63) is 16.1 Å². The first-order chi connectivity index (χ1) is 8.19. The molecule has 6 heteroatoms. The van der Waals surface area contributed by atoms with Crippen molar-refractivity contribution in [3.8, 4) is 0 Å². The lowest BCUT2D eigenvalue weighted by molar-refractivity contribution is 0.0294. The second kappa shape index (κ2) is 5.48. The second-order valence-electron chi connectivity index (χ2n) is 5.01. The van der Waals surface area contributed by atoms with E-state index in [2.05, 4.69) is 4.98 Å². The minimum atomic E-state index is -0.564. The molecule has 0 saturated heterocycles. The molecule has 1 amide bonds. The molecule has 0 atom stereocenters. The lowest BCUT2D eigenvalue weighted by Gasteiger charge is -2.24. The maximum atomic E-state index is 11.8. The molecule has 100 valence electrons. The molecule has 0 aromatic carbocycles. The van der Waals surface area contributed by atoms with Gasteiger partial charge in [0.15, 0.2) is 0 Å². The van der Waals surface area contributed by atoms with Crippen LogP contribution in [0.3, 0.4) is 0 Å². The molecule has 0 N–H and O–H groups in total. The van der Waals surface area contributed by atoms with Gasteiger partial charge in [0.25, 0.3) is 0 Å². The summed E-state index contributed by atoms with van der Waals surface area (Å²) in [7, 11) is 1.53. The van der Waals surface area contributed by atoms with Crippen LogP contribution in [0.5, 0.6) is 0 Å². The number of likely N-dealkylation sites (N-methyl/N-ethyl adjacent to an activating group) is 1. The Balaban J connectivity index is 2.57. The Morgan fingerprint density at radius 3 is 2.50 bits per heavy atom. The van der Waals surface area contributed by atoms with E-state index >= 15 is 0 Å².